The van der Waals surface area contributed by atoms with Crippen LogP contribution in [0.5, 0.6) is 0 Å². The Morgan fingerprint density at radius 3 is 2.80 bits per heavy atom. The lowest BCUT2D eigenvalue weighted by atomic mass is 9.91. The number of halogens is 1. The van der Waals surface area contributed by atoms with Crippen LogP contribution in [0.2, 0.25) is 0 Å². The molecule has 1 aliphatic carbocycles. The largest absolute Gasteiger partial charge is 0.508 e. The summed E-state index contributed by atoms with van der Waals surface area (Å²) in [6.45, 7) is 9.87. The highest BCUT2D eigenvalue weighted by Crippen LogP contribution is 2.37. The van der Waals surface area contributed by atoms with Crippen molar-refractivity contribution in [1.29, 1.82) is 0 Å². The predicted molar refractivity (Wildman–Crippen MR) is 108 cm³/mol. The van der Waals surface area contributed by atoms with E-state index in [1.807, 2.05) is 25.1 Å². The summed E-state index contributed by atoms with van der Waals surface area (Å²) >= 11 is 6.69. The number of pyridine rings is 1. The van der Waals surface area contributed by atoms with E-state index in [4.69, 9.17) is 16.6 Å². The molecule has 0 aliphatic heterocycles. The number of aromatic nitrogens is 1. The third-order valence-corrected chi connectivity index (χ3v) is 5.00. The van der Waals surface area contributed by atoms with E-state index in [0.717, 1.165) is 44.7 Å². The van der Waals surface area contributed by atoms with Gasteiger partial charge in [0.25, 0.3) is 0 Å². The topological polar surface area (TPSA) is 33.1 Å². The molecule has 25 heavy (non-hydrogen) atoms. The van der Waals surface area contributed by atoms with Crippen molar-refractivity contribution in [3.63, 3.8) is 0 Å². The van der Waals surface area contributed by atoms with Crippen LogP contribution in [0.1, 0.15) is 35.7 Å². The predicted octanol–water partition coefficient (Wildman–Crippen LogP) is 6.48. The van der Waals surface area contributed by atoms with E-state index in [1.165, 1.54) is 0 Å². The van der Waals surface area contributed by atoms with E-state index in [9.17, 15) is 5.11 Å². The van der Waals surface area contributed by atoms with Crippen molar-refractivity contribution in [3.05, 3.63) is 76.5 Å². The summed E-state index contributed by atoms with van der Waals surface area (Å²) in [5, 5.41) is 11.5. The van der Waals surface area contributed by atoms with Crippen molar-refractivity contribution in [2.24, 2.45) is 5.92 Å². The number of allylic oxidation sites excluding steroid dienone is 6. The van der Waals surface area contributed by atoms with Gasteiger partial charge < -0.3 is 5.11 Å². The van der Waals surface area contributed by atoms with Gasteiger partial charge in [0, 0.05) is 27.2 Å². The first-order valence-corrected chi connectivity index (χ1v) is 8.80. The molecular formula is C22H22ClNO. The van der Waals surface area contributed by atoms with Crippen molar-refractivity contribution >= 4 is 33.8 Å². The molecule has 2 nitrogen and oxygen atoms in total. The Balaban J connectivity index is 2.37. The summed E-state index contributed by atoms with van der Waals surface area (Å²) in [6.07, 6.45) is 9.37. The summed E-state index contributed by atoms with van der Waals surface area (Å²) in [5.74, 6) is 0.433. The summed E-state index contributed by atoms with van der Waals surface area (Å²) in [4.78, 5) is 4.69. The van der Waals surface area contributed by atoms with Gasteiger partial charge in [0.15, 0.2) is 0 Å². The van der Waals surface area contributed by atoms with Crippen LogP contribution in [0.25, 0.3) is 22.2 Å². The summed E-state index contributed by atoms with van der Waals surface area (Å²) in [5.41, 5.74) is 5.68. The number of rotatable bonds is 2. The second-order valence-electron chi connectivity index (χ2n) is 6.61. The van der Waals surface area contributed by atoms with Crippen molar-refractivity contribution in [2.45, 2.75) is 27.2 Å². The zero-order chi connectivity index (χ0) is 18.1. The van der Waals surface area contributed by atoms with Crippen LogP contribution in [-0.4, -0.2) is 10.1 Å². The molecule has 0 saturated heterocycles. The van der Waals surface area contributed by atoms with Crippen molar-refractivity contribution in [3.8, 4) is 0 Å². The van der Waals surface area contributed by atoms with Gasteiger partial charge in [-0.1, -0.05) is 49.4 Å². The summed E-state index contributed by atoms with van der Waals surface area (Å²) < 4.78 is 0. The molecule has 0 saturated carbocycles. The molecule has 1 N–H and O–H groups in total. The van der Waals surface area contributed by atoms with E-state index in [2.05, 4.69) is 44.7 Å². The first-order valence-electron chi connectivity index (χ1n) is 8.42. The van der Waals surface area contributed by atoms with Gasteiger partial charge >= 0.3 is 0 Å². The first kappa shape index (κ1) is 17.5. The van der Waals surface area contributed by atoms with Gasteiger partial charge in [0.05, 0.1) is 5.52 Å². The Hall–Kier alpha value is -2.32. The smallest absolute Gasteiger partial charge is 0.115 e. The Morgan fingerprint density at radius 1 is 1.32 bits per heavy atom. The van der Waals surface area contributed by atoms with Gasteiger partial charge in [-0.3, -0.25) is 4.98 Å². The van der Waals surface area contributed by atoms with Crippen molar-refractivity contribution in [1.82, 2.24) is 4.98 Å². The highest BCUT2D eigenvalue weighted by atomic mass is 35.5. The van der Waals surface area contributed by atoms with Crippen LogP contribution in [-0.2, 0) is 0 Å². The number of nitrogens with zero attached hydrogens (tertiary/aromatic N) is 1. The minimum Gasteiger partial charge on any atom is -0.508 e. The Kier molecular flexibility index (Phi) is 4.82. The number of hydrogen-bond acceptors (Lipinski definition) is 2. The normalized spacial score (nSPS) is 19.0. The fourth-order valence-electron chi connectivity index (χ4n) is 3.16. The summed E-state index contributed by atoms with van der Waals surface area (Å²) in [6, 6.07) is 5.69. The zero-order valence-corrected chi connectivity index (χ0v) is 15.6. The number of benzene rings is 1. The van der Waals surface area contributed by atoms with Crippen LogP contribution in [0, 0.1) is 19.8 Å². The lowest BCUT2D eigenvalue weighted by Gasteiger charge is -2.18. The van der Waals surface area contributed by atoms with E-state index in [1.54, 1.807) is 0 Å². The molecule has 1 aromatic carbocycles. The third-order valence-electron chi connectivity index (χ3n) is 4.67. The highest BCUT2D eigenvalue weighted by molar-refractivity contribution is 6.37. The molecule has 1 heterocycles. The Labute approximate surface area is 153 Å². The fourth-order valence-corrected chi connectivity index (χ4v) is 3.53. The molecule has 1 atom stereocenters. The SMILES string of the molecule is C=C(O)c1ccc2nc(C)c(C)c(C3=C/C=C/CC(C)C=C3Cl)c2c1. The van der Waals surface area contributed by atoms with Gasteiger partial charge in [0.2, 0.25) is 0 Å². The Bertz CT molecular complexity index is 950. The third kappa shape index (κ3) is 3.40. The molecular weight excluding hydrogens is 330 g/mol. The maximum Gasteiger partial charge on any atom is 0.115 e. The van der Waals surface area contributed by atoms with Crippen LogP contribution < -0.4 is 0 Å². The quantitative estimate of drug-likeness (QED) is 0.628. The summed E-state index contributed by atoms with van der Waals surface area (Å²) in [7, 11) is 0. The number of hydrogen-bond donors (Lipinski definition) is 1. The van der Waals surface area contributed by atoms with Crippen LogP contribution in [0.15, 0.2) is 54.1 Å². The second kappa shape index (κ2) is 6.89. The molecule has 0 amide bonds. The van der Waals surface area contributed by atoms with Crippen LogP contribution in [0.3, 0.4) is 0 Å². The monoisotopic (exact) mass is 351 g/mol. The zero-order valence-electron chi connectivity index (χ0n) is 14.8. The van der Waals surface area contributed by atoms with Crippen molar-refractivity contribution in [2.75, 3.05) is 0 Å². The van der Waals surface area contributed by atoms with E-state index in [-0.39, 0.29) is 5.76 Å². The van der Waals surface area contributed by atoms with Gasteiger partial charge in [-0.25, -0.2) is 0 Å². The average Bonchev–Trinajstić information content (AvgIpc) is 2.55. The number of fused-ring (bicyclic) bond motifs is 1. The minimum atomic E-state index is 0.0490. The number of aryl methyl sites for hydroxylation is 1. The molecule has 2 aromatic rings. The number of aliphatic hydroxyl groups is 1. The fraction of sp³-hybridized carbons (Fsp3) is 0.227. The first-order chi connectivity index (χ1) is 11.9. The van der Waals surface area contributed by atoms with Crippen molar-refractivity contribution < 1.29 is 5.11 Å². The number of aliphatic hydroxyl groups excluding tert-OH is 1. The molecule has 0 spiro atoms. The molecule has 128 valence electrons. The lowest BCUT2D eigenvalue weighted by molar-refractivity contribution is 0.514. The van der Waals surface area contributed by atoms with Crippen LogP contribution in [0.4, 0.5) is 0 Å². The molecule has 1 unspecified atom stereocenters. The van der Waals surface area contributed by atoms with E-state index < -0.39 is 0 Å². The standard InChI is InChI=1S/C22H22ClNO/c1-13-7-5-6-8-18(20(23)11-13)22-14(2)15(3)24-21-10-9-17(16(4)25)12-19(21)22/h5-6,8-13,25H,4,7H2,1-3H3/b6-5+,18-8?,20-11?. The molecule has 1 aliphatic rings. The average molecular weight is 352 g/mol. The second-order valence-corrected chi connectivity index (χ2v) is 7.02. The van der Waals surface area contributed by atoms with Crippen LogP contribution >= 0.6 is 11.6 Å². The van der Waals surface area contributed by atoms with Gasteiger partial charge in [-0.2, -0.15) is 0 Å². The molecule has 3 rings (SSSR count). The Morgan fingerprint density at radius 2 is 2.08 bits per heavy atom. The maximum atomic E-state index is 9.80. The van der Waals surface area contributed by atoms with Gasteiger partial charge in [-0.15, -0.1) is 0 Å². The molecule has 0 fully saturated rings. The molecule has 0 radical (unpaired) electrons. The maximum absolute atomic E-state index is 9.80. The lowest BCUT2D eigenvalue weighted by Crippen LogP contribution is -2.01. The highest BCUT2D eigenvalue weighted by Gasteiger charge is 2.17. The van der Waals surface area contributed by atoms with E-state index in [0.29, 0.717) is 11.5 Å². The molecule has 1 aromatic heterocycles. The minimum absolute atomic E-state index is 0.0490. The van der Waals surface area contributed by atoms with Gasteiger partial charge in [-0.05, 0) is 55.5 Å². The van der Waals surface area contributed by atoms with Gasteiger partial charge in [0.1, 0.15) is 5.76 Å². The molecule has 3 heteroatoms. The molecule has 0 bridgehead atoms. The van der Waals surface area contributed by atoms with E-state index >= 15 is 0 Å².